The first-order valence-corrected chi connectivity index (χ1v) is 8.49. The molecule has 0 aliphatic rings. The summed E-state index contributed by atoms with van der Waals surface area (Å²) in [6.45, 7) is 0. The lowest BCUT2D eigenvalue weighted by atomic mass is 10.2. The first-order chi connectivity index (χ1) is 12.1. The molecule has 0 aliphatic carbocycles. The van der Waals surface area contributed by atoms with Gasteiger partial charge in [-0.2, -0.15) is 0 Å². The van der Waals surface area contributed by atoms with Gasteiger partial charge in [-0.25, -0.2) is 24.1 Å². The first-order valence-electron chi connectivity index (χ1n) is 6.86. The Morgan fingerprint density at radius 2 is 2.04 bits per heavy atom. The zero-order chi connectivity index (χ0) is 17.8. The average Bonchev–Trinajstić information content (AvgIpc) is 3.09. The minimum absolute atomic E-state index is 0.0793. The highest BCUT2D eigenvalue weighted by molar-refractivity contribution is 8.02. The Labute approximate surface area is 150 Å². The number of nitrogens with one attached hydrogen (secondary N) is 1. The minimum Gasteiger partial charge on any atom is -0.478 e. The molecular formula is C15H11FN4O3S2. The molecule has 0 atom stereocenters. The predicted molar refractivity (Wildman–Crippen MR) is 92.5 cm³/mol. The maximum Gasteiger partial charge on any atom is 0.356 e. The van der Waals surface area contributed by atoms with Gasteiger partial charge < -0.3 is 14.6 Å². The number of carbonyl (C=O) groups is 1. The molecule has 0 bridgehead atoms. The second-order valence-electron chi connectivity index (χ2n) is 4.61. The number of halogens is 1. The van der Waals surface area contributed by atoms with E-state index in [0.717, 1.165) is 21.0 Å². The highest BCUT2D eigenvalue weighted by Crippen LogP contribution is 2.33. The Kier molecular flexibility index (Phi) is 5.10. The summed E-state index contributed by atoms with van der Waals surface area (Å²) in [4.78, 5) is 23.1. The summed E-state index contributed by atoms with van der Waals surface area (Å²) in [7, 11) is 1.38. The molecule has 25 heavy (non-hydrogen) atoms. The molecule has 2 N–H and O–H groups in total. The average molecular weight is 378 g/mol. The van der Waals surface area contributed by atoms with Gasteiger partial charge in [-0.1, -0.05) is 0 Å². The number of ether oxygens (including phenoxy) is 1. The van der Waals surface area contributed by atoms with Crippen LogP contribution in [0.5, 0.6) is 5.88 Å². The number of carboxylic acid groups (broad SMARTS) is 1. The van der Waals surface area contributed by atoms with Crippen LogP contribution in [0.25, 0.3) is 10.6 Å². The van der Waals surface area contributed by atoms with Crippen LogP contribution in [0.4, 0.5) is 10.2 Å². The Morgan fingerprint density at radius 1 is 1.28 bits per heavy atom. The zero-order valence-electron chi connectivity index (χ0n) is 12.8. The van der Waals surface area contributed by atoms with Crippen LogP contribution >= 0.6 is 23.3 Å². The lowest BCUT2D eigenvalue weighted by molar-refractivity contribution is 0.0689. The maximum atomic E-state index is 13.0. The molecule has 0 aliphatic heterocycles. The van der Waals surface area contributed by atoms with Crippen molar-refractivity contribution in [1.29, 1.82) is 0 Å². The number of hydrogen-bond donors (Lipinski definition) is 2. The lowest BCUT2D eigenvalue weighted by Crippen LogP contribution is -2.05. The lowest BCUT2D eigenvalue weighted by Gasteiger charge is -2.07. The number of thiazole rings is 1. The molecule has 3 rings (SSSR count). The largest absolute Gasteiger partial charge is 0.478 e. The van der Waals surface area contributed by atoms with Gasteiger partial charge >= 0.3 is 5.97 Å². The first kappa shape index (κ1) is 17.1. The van der Waals surface area contributed by atoms with Gasteiger partial charge in [-0.15, -0.1) is 11.3 Å². The molecule has 2 heterocycles. The molecule has 0 saturated carbocycles. The van der Waals surface area contributed by atoms with Gasteiger partial charge in [-0.3, -0.25) is 0 Å². The van der Waals surface area contributed by atoms with E-state index in [9.17, 15) is 9.18 Å². The standard InChI is InChI=1S/C15H11FN4O3S2/c1-23-13-12(17-6-10(19-13)15(21)22)20-25-11-7-18-14(24-11)8-2-4-9(16)5-3-8/h2-7H,1H3,(H,17,20)(H,21,22). The van der Waals surface area contributed by atoms with E-state index in [1.807, 2.05) is 0 Å². The van der Waals surface area contributed by atoms with E-state index in [2.05, 4.69) is 19.7 Å². The van der Waals surface area contributed by atoms with Crippen LogP contribution < -0.4 is 9.46 Å². The highest BCUT2D eigenvalue weighted by atomic mass is 32.2. The zero-order valence-corrected chi connectivity index (χ0v) is 14.4. The van der Waals surface area contributed by atoms with E-state index in [-0.39, 0.29) is 17.4 Å². The number of aromatic carboxylic acids is 1. The van der Waals surface area contributed by atoms with Crippen molar-refractivity contribution in [2.24, 2.45) is 0 Å². The summed E-state index contributed by atoms with van der Waals surface area (Å²) >= 11 is 2.65. The third-order valence-electron chi connectivity index (χ3n) is 2.98. The second-order valence-corrected chi connectivity index (χ2v) is 6.75. The fraction of sp³-hybridized carbons (Fsp3) is 0.0667. The van der Waals surface area contributed by atoms with E-state index < -0.39 is 5.97 Å². The molecule has 0 fully saturated rings. The van der Waals surface area contributed by atoms with Crippen LogP contribution in [0.1, 0.15) is 10.5 Å². The van der Waals surface area contributed by atoms with Crippen LogP contribution in [-0.2, 0) is 0 Å². The molecule has 0 saturated heterocycles. The topological polar surface area (TPSA) is 97.2 Å². The van der Waals surface area contributed by atoms with Gasteiger partial charge in [0.2, 0.25) is 0 Å². The number of hydrogen-bond acceptors (Lipinski definition) is 8. The van der Waals surface area contributed by atoms with Gasteiger partial charge in [0.25, 0.3) is 5.88 Å². The van der Waals surface area contributed by atoms with Gasteiger partial charge in [-0.05, 0) is 36.2 Å². The Morgan fingerprint density at radius 3 is 2.72 bits per heavy atom. The summed E-state index contributed by atoms with van der Waals surface area (Å²) in [5, 5.41) is 9.67. The molecule has 2 aromatic heterocycles. The second kappa shape index (κ2) is 7.45. The van der Waals surface area contributed by atoms with Gasteiger partial charge in [0.15, 0.2) is 11.5 Å². The molecule has 128 valence electrons. The van der Waals surface area contributed by atoms with Crippen molar-refractivity contribution in [2.75, 3.05) is 11.8 Å². The highest BCUT2D eigenvalue weighted by Gasteiger charge is 2.13. The van der Waals surface area contributed by atoms with Gasteiger partial charge in [0.1, 0.15) is 15.0 Å². The van der Waals surface area contributed by atoms with Gasteiger partial charge in [0, 0.05) is 5.56 Å². The molecule has 0 radical (unpaired) electrons. The van der Waals surface area contributed by atoms with Gasteiger partial charge in [0.05, 0.1) is 19.5 Å². The van der Waals surface area contributed by atoms with Crippen LogP contribution in [0, 0.1) is 5.82 Å². The Hall–Kier alpha value is -2.72. The molecular weight excluding hydrogens is 367 g/mol. The SMILES string of the molecule is COc1nc(C(=O)O)cnc1NSc1cnc(-c2ccc(F)cc2)s1. The van der Waals surface area contributed by atoms with Crippen LogP contribution in [0.15, 0.2) is 40.9 Å². The minimum atomic E-state index is -1.18. The van der Waals surface area contributed by atoms with Crippen LogP contribution in [0.3, 0.4) is 0 Å². The Bertz CT molecular complexity index is 902. The number of anilines is 1. The fourth-order valence-electron chi connectivity index (χ4n) is 1.82. The number of rotatable bonds is 6. The number of methoxy groups -OCH3 is 1. The number of aromatic nitrogens is 3. The van der Waals surface area contributed by atoms with Crippen molar-refractivity contribution in [3.8, 4) is 16.5 Å². The molecule has 3 aromatic rings. The van der Waals surface area contributed by atoms with Crippen molar-refractivity contribution in [2.45, 2.75) is 4.21 Å². The van der Waals surface area contributed by atoms with Crippen LogP contribution in [0.2, 0.25) is 0 Å². The number of carboxylic acids is 1. The van der Waals surface area contributed by atoms with Crippen molar-refractivity contribution in [3.63, 3.8) is 0 Å². The third kappa shape index (κ3) is 4.03. The molecule has 0 amide bonds. The van der Waals surface area contributed by atoms with E-state index in [1.165, 1.54) is 42.5 Å². The summed E-state index contributed by atoms with van der Waals surface area (Å²) in [5.41, 5.74) is 0.616. The molecule has 0 unspecified atom stereocenters. The molecule has 10 heteroatoms. The van der Waals surface area contributed by atoms with Crippen molar-refractivity contribution >= 4 is 35.1 Å². The number of benzene rings is 1. The molecule has 1 aromatic carbocycles. The smallest absolute Gasteiger partial charge is 0.356 e. The normalized spacial score (nSPS) is 10.5. The van der Waals surface area contributed by atoms with E-state index in [0.29, 0.717) is 5.82 Å². The molecule has 7 nitrogen and oxygen atoms in total. The fourth-order valence-corrected chi connectivity index (χ4v) is 3.45. The Balaban J connectivity index is 1.72. The quantitative estimate of drug-likeness (QED) is 0.629. The monoisotopic (exact) mass is 378 g/mol. The molecule has 0 spiro atoms. The van der Waals surface area contributed by atoms with E-state index in [1.54, 1.807) is 18.3 Å². The summed E-state index contributed by atoms with van der Waals surface area (Å²) in [6, 6.07) is 6.09. The summed E-state index contributed by atoms with van der Waals surface area (Å²) < 4.78 is 21.8. The third-order valence-corrected chi connectivity index (χ3v) is 4.92. The predicted octanol–water partition coefficient (Wildman–Crippen LogP) is 3.57. The van der Waals surface area contributed by atoms with E-state index >= 15 is 0 Å². The van der Waals surface area contributed by atoms with Crippen LogP contribution in [-0.4, -0.2) is 33.1 Å². The maximum absolute atomic E-state index is 13.0. The van der Waals surface area contributed by atoms with E-state index in [4.69, 9.17) is 9.84 Å². The summed E-state index contributed by atoms with van der Waals surface area (Å²) in [6.07, 6.45) is 2.82. The van der Waals surface area contributed by atoms with Crippen molar-refractivity contribution in [3.05, 3.63) is 48.2 Å². The van der Waals surface area contributed by atoms with Crippen molar-refractivity contribution in [1.82, 2.24) is 15.0 Å². The van der Waals surface area contributed by atoms with Crippen molar-refractivity contribution < 1.29 is 19.0 Å². The number of nitrogens with zero attached hydrogens (tertiary/aromatic N) is 3. The summed E-state index contributed by atoms with van der Waals surface area (Å²) in [5.74, 6) is -1.10.